The lowest BCUT2D eigenvalue weighted by Gasteiger charge is -2.38. The number of likely N-dealkylation sites (N-methyl/N-ethyl adjacent to an activating group) is 1. The highest BCUT2D eigenvalue weighted by Gasteiger charge is 2.27. The summed E-state index contributed by atoms with van der Waals surface area (Å²) in [5, 5.41) is 0. The number of nitrogens with two attached hydrogens (primary N) is 1. The predicted octanol–water partition coefficient (Wildman–Crippen LogP) is 1.70. The van der Waals surface area contributed by atoms with E-state index in [1.54, 1.807) is 0 Å². The standard InChI is InChI=1S/C11H24N2/c1-9-4-5-11(10(2)8-9)13(3)7-6-12/h9-11H,4-8,12H2,1-3H3. The molecule has 0 aromatic rings. The van der Waals surface area contributed by atoms with Crippen LogP contribution in [0.15, 0.2) is 0 Å². The van der Waals surface area contributed by atoms with E-state index < -0.39 is 0 Å². The fraction of sp³-hybridized carbons (Fsp3) is 1.00. The Hall–Kier alpha value is -0.0800. The number of nitrogens with zero attached hydrogens (tertiary/aromatic N) is 1. The third kappa shape index (κ3) is 2.96. The lowest BCUT2D eigenvalue weighted by molar-refractivity contribution is 0.120. The van der Waals surface area contributed by atoms with Gasteiger partial charge in [-0.2, -0.15) is 0 Å². The van der Waals surface area contributed by atoms with Gasteiger partial charge in [0, 0.05) is 19.1 Å². The van der Waals surface area contributed by atoms with Crippen molar-refractivity contribution in [2.24, 2.45) is 17.6 Å². The minimum Gasteiger partial charge on any atom is -0.329 e. The number of hydrogen-bond donors (Lipinski definition) is 1. The van der Waals surface area contributed by atoms with E-state index in [4.69, 9.17) is 5.73 Å². The molecule has 0 heterocycles. The van der Waals surface area contributed by atoms with Gasteiger partial charge in [-0.05, 0) is 38.1 Å². The molecule has 1 saturated carbocycles. The molecule has 1 aliphatic rings. The first-order valence-corrected chi connectivity index (χ1v) is 5.55. The first-order chi connectivity index (χ1) is 6.15. The van der Waals surface area contributed by atoms with Crippen molar-refractivity contribution in [1.29, 1.82) is 0 Å². The number of rotatable bonds is 3. The normalized spacial score (nSPS) is 35.3. The summed E-state index contributed by atoms with van der Waals surface area (Å²) in [6.45, 7) is 6.58. The minimum atomic E-state index is 0.778. The highest BCUT2D eigenvalue weighted by Crippen LogP contribution is 2.31. The Labute approximate surface area is 82.5 Å². The molecule has 0 aliphatic heterocycles. The molecule has 0 amide bonds. The molecule has 0 saturated heterocycles. The summed E-state index contributed by atoms with van der Waals surface area (Å²) in [5.41, 5.74) is 5.57. The van der Waals surface area contributed by atoms with E-state index in [0.29, 0.717) is 0 Å². The van der Waals surface area contributed by atoms with E-state index in [9.17, 15) is 0 Å². The summed E-state index contributed by atoms with van der Waals surface area (Å²) in [7, 11) is 2.21. The maximum atomic E-state index is 5.57. The van der Waals surface area contributed by atoms with Crippen LogP contribution in [0.2, 0.25) is 0 Å². The van der Waals surface area contributed by atoms with Crippen LogP contribution in [-0.4, -0.2) is 31.1 Å². The van der Waals surface area contributed by atoms with Gasteiger partial charge in [-0.25, -0.2) is 0 Å². The Morgan fingerprint density at radius 3 is 2.54 bits per heavy atom. The molecule has 1 fully saturated rings. The first kappa shape index (κ1) is 11.0. The van der Waals surface area contributed by atoms with Crippen LogP contribution in [0, 0.1) is 11.8 Å². The maximum absolute atomic E-state index is 5.57. The van der Waals surface area contributed by atoms with Gasteiger partial charge in [0.05, 0.1) is 0 Å². The van der Waals surface area contributed by atoms with Crippen LogP contribution >= 0.6 is 0 Å². The molecule has 2 heteroatoms. The van der Waals surface area contributed by atoms with Crippen molar-refractivity contribution in [1.82, 2.24) is 4.90 Å². The van der Waals surface area contributed by atoms with E-state index in [0.717, 1.165) is 31.0 Å². The van der Waals surface area contributed by atoms with Crippen molar-refractivity contribution in [3.05, 3.63) is 0 Å². The average Bonchev–Trinajstić information content (AvgIpc) is 2.04. The molecule has 0 aromatic heterocycles. The number of hydrogen-bond acceptors (Lipinski definition) is 2. The molecule has 2 nitrogen and oxygen atoms in total. The van der Waals surface area contributed by atoms with Gasteiger partial charge in [0.25, 0.3) is 0 Å². The van der Waals surface area contributed by atoms with E-state index in [-0.39, 0.29) is 0 Å². The van der Waals surface area contributed by atoms with Crippen molar-refractivity contribution < 1.29 is 0 Å². The molecular weight excluding hydrogens is 160 g/mol. The van der Waals surface area contributed by atoms with E-state index in [1.807, 2.05) is 0 Å². The maximum Gasteiger partial charge on any atom is 0.0119 e. The molecule has 1 aliphatic carbocycles. The molecule has 0 bridgehead atoms. The van der Waals surface area contributed by atoms with Crippen molar-refractivity contribution in [2.45, 2.75) is 39.2 Å². The predicted molar refractivity (Wildman–Crippen MR) is 57.7 cm³/mol. The molecule has 3 atom stereocenters. The van der Waals surface area contributed by atoms with Gasteiger partial charge in [-0.3, -0.25) is 0 Å². The quantitative estimate of drug-likeness (QED) is 0.723. The Morgan fingerprint density at radius 2 is 2.00 bits per heavy atom. The van der Waals surface area contributed by atoms with Crippen molar-refractivity contribution in [3.8, 4) is 0 Å². The van der Waals surface area contributed by atoms with Gasteiger partial charge >= 0.3 is 0 Å². The molecular formula is C11H24N2. The van der Waals surface area contributed by atoms with E-state index >= 15 is 0 Å². The van der Waals surface area contributed by atoms with Crippen molar-refractivity contribution in [3.63, 3.8) is 0 Å². The minimum absolute atomic E-state index is 0.778. The fourth-order valence-corrected chi connectivity index (χ4v) is 2.67. The lowest BCUT2D eigenvalue weighted by Crippen LogP contribution is -2.42. The van der Waals surface area contributed by atoms with Gasteiger partial charge in [0.2, 0.25) is 0 Å². The summed E-state index contributed by atoms with van der Waals surface area (Å²) in [6.07, 6.45) is 4.14. The average molecular weight is 184 g/mol. The zero-order valence-corrected chi connectivity index (χ0v) is 9.29. The largest absolute Gasteiger partial charge is 0.329 e. The summed E-state index contributed by atoms with van der Waals surface area (Å²) in [4.78, 5) is 2.44. The highest BCUT2D eigenvalue weighted by molar-refractivity contribution is 4.81. The zero-order chi connectivity index (χ0) is 9.84. The Kier molecular flexibility index (Phi) is 4.20. The molecule has 0 radical (unpaired) electrons. The molecule has 13 heavy (non-hydrogen) atoms. The molecule has 1 rings (SSSR count). The van der Waals surface area contributed by atoms with Gasteiger partial charge in [0.1, 0.15) is 0 Å². The Bertz CT molecular complexity index is 143. The summed E-state index contributed by atoms with van der Waals surface area (Å²) < 4.78 is 0. The fourth-order valence-electron chi connectivity index (χ4n) is 2.67. The van der Waals surface area contributed by atoms with Gasteiger partial charge < -0.3 is 10.6 Å². The third-order valence-electron chi connectivity index (χ3n) is 3.43. The molecule has 0 aromatic carbocycles. The van der Waals surface area contributed by atoms with Crippen LogP contribution in [0.4, 0.5) is 0 Å². The smallest absolute Gasteiger partial charge is 0.0119 e. The highest BCUT2D eigenvalue weighted by atomic mass is 15.1. The van der Waals surface area contributed by atoms with Crippen LogP contribution < -0.4 is 5.73 Å². The van der Waals surface area contributed by atoms with E-state index in [2.05, 4.69) is 25.8 Å². The Balaban J connectivity index is 2.40. The summed E-state index contributed by atoms with van der Waals surface area (Å²) in [5.74, 6) is 1.78. The monoisotopic (exact) mass is 184 g/mol. The second-order valence-electron chi connectivity index (χ2n) is 4.73. The van der Waals surface area contributed by atoms with Crippen molar-refractivity contribution >= 4 is 0 Å². The van der Waals surface area contributed by atoms with Crippen LogP contribution in [0.1, 0.15) is 33.1 Å². The van der Waals surface area contributed by atoms with Crippen LogP contribution in [0.3, 0.4) is 0 Å². The van der Waals surface area contributed by atoms with Gasteiger partial charge in [0.15, 0.2) is 0 Å². The Morgan fingerprint density at radius 1 is 1.31 bits per heavy atom. The second kappa shape index (κ2) is 4.97. The molecule has 0 spiro atoms. The second-order valence-corrected chi connectivity index (χ2v) is 4.73. The molecule has 3 unspecified atom stereocenters. The first-order valence-electron chi connectivity index (χ1n) is 5.55. The van der Waals surface area contributed by atoms with Gasteiger partial charge in [-0.15, -0.1) is 0 Å². The van der Waals surface area contributed by atoms with E-state index in [1.165, 1.54) is 19.3 Å². The lowest BCUT2D eigenvalue weighted by atomic mass is 9.79. The van der Waals surface area contributed by atoms with Crippen LogP contribution in [-0.2, 0) is 0 Å². The topological polar surface area (TPSA) is 29.3 Å². The summed E-state index contributed by atoms with van der Waals surface area (Å²) >= 11 is 0. The van der Waals surface area contributed by atoms with Crippen LogP contribution in [0.25, 0.3) is 0 Å². The van der Waals surface area contributed by atoms with Gasteiger partial charge in [-0.1, -0.05) is 13.8 Å². The third-order valence-corrected chi connectivity index (χ3v) is 3.43. The van der Waals surface area contributed by atoms with Crippen molar-refractivity contribution in [2.75, 3.05) is 20.1 Å². The molecule has 2 N–H and O–H groups in total. The molecule has 78 valence electrons. The zero-order valence-electron chi connectivity index (χ0n) is 9.29. The van der Waals surface area contributed by atoms with Crippen LogP contribution in [0.5, 0.6) is 0 Å². The SMILES string of the molecule is CC1CCC(N(C)CCN)C(C)C1. The summed E-state index contributed by atoms with van der Waals surface area (Å²) in [6, 6.07) is 0.778.